The van der Waals surface area contributed by atoms with Crippen LogP contribution in [0.15, 0.2) is 0 Å². The summed E-state index contributed by atoms with van der Waals surface area (Å²) in [5, 5.41) is 0. The van der Waals surface area contributed by atoms with E-state index in [1.807, 2.05) is 6.92 Å². The van der Waals surface area contributed by atoms with Gasteiger partial charge in [-0.05, 0) is 51.6 Å². The number of nitrogens with one attached hydrogen (secondary N) is 1. The van der Waals surface area contributed by atoms with Gasteiger partial charge in [0.15, 0.2) is 5.78 Å². The Bertz CT molecular complexity index is 577. The number of esters is 1. The van der Waals surface area contributed by atoms with Crippen molar-refractivity contribution in [1.82, 2.24) is 9.88 Å². The van der Waals surface area contributed by atoms with Crippen molar-refractivity contribution in [1.29, 1.82) is 0 Å². The smallest absolute Gasteiger partial charge is 0.339 e. The summed E-state index contributed by atoms with van der Waals surface area (Å²) >= 11 is 0. The number of methoxy groups -OCH3 is 1. The molecule has 1 N–H and O–H groups in total. The number of nitrogens with zero attached hydrogens (tertiary/aromatic N) is 1. The molecule has 0 amide bonds. The lowest BCUT2D eigenvalue weighted by Crippen LogP contribution is -2.44. The lowest BCUT2D eigenvalue weighted by molar-refractivity contribution is 0.0599. The Kier molecular flexibility index (Phi) is 5.06. The number of aryl methyl sites for hydroxylation is 1. The van der Waals surface area contributed by atoms with Crippen LogP contribution in [-0.4, -0.2) is 47.9 Å². The zero-order valence-electron chi connectivity index (χ0n) is 14.2. The van der Waals surface area contributed by atoms with E-state index in [1.54, 1.807) is 13.8 Å². The Morgan fingerprint density at radius 1 is 1.36 bits per heavy atom. The molecule has 22 heavy (non-hydrogen) atoms. The van der Waals surface area contributed by atoms with Crippen LogP contribution >= 0.6 is 0 Å². The number of H-pyrrole nitrogens is 1. The van der Waals surface area contributed by atoms with Crippen LogP contribution in [0.5, 0.6) is 0 Å². The predicted octanol–water partition coefficient (Wildman–Crippen LogP) is 2.72. The first kappa shape index (κ1) is 16.7. The van der Waals surface area contributed by atoms with Gasteiger partial charge in [-0.25, -0.2) is 4.79 Å². The Morgan fingerprint density at radius 3 is 2.64 bits per heavy atom. The molecule has 5 nitrogen and oxygen atoms in total. The van der Waals surface area contributed by atoms with Crippen molar-refractivity contribution in [3.05, 3.63) is 22.5 Å². The number of hydrogen-bond acceptors (Lipinski definition) is 4. The third kappa shape index (κ3) is 3.09. The van der Waals surface area contributed by atoms with Gasteiger partial charge in [-0.15, -0.1) is 0 Å². The zero-order chi connectivity index (χ0) is 16.4. The van der Waals surface area contributed by atoms with E-state index in [2.05, 4.69) is 16.8 Å². The van der Waals surface area contributed by atoms with Crippen molar-refractivity contribution in [2.45, 2.75) is 46.6 Å². The maximum absolute atomic E-state index is 12.8. The molecular weight excluding hydrogens is 280 g/mol. The maximum Gasteiger partial charge on any atom is 0.339 e. The standard InChI is InChI=1S/C17H26N2O3/c1-10-7-6-8-19(9-10)13(4)16(20)15-11(2)14(12(3)18-15)17(21)22-5/h10,13,18H,6-9H2,1-5H3/t10-,13-/m0/s1. The molecule has 1 aromatic heterocycles. The lowest BCUT2D eigenvalue weighted by atomic mass is 9.97. The average Bonchev–Trinajstić information content (AvgIpc) is 2.80. The number of ether oxygens (including phenoxy) is 1. The molecule has 0 saturated carbocycles. The molecule has 1 aromatic rings. The van der Waals surface area contributed by atoms with Crippen molar-refractivity contribution < 1.29 is 14.3 Å². The Balaban J connectivity index is 2.24. The summed E-state index contributed by atoms with van der Waals surface area (Å²) in [6.45, 7) is 9.68. The number of ketones is 1. The van der Waals surface area contributed by atoms with E-state index in [1.165, 1.54) is 13.5 Å². The topological polar surface area (TPSA) is 62.4 Å². The molecule has 5 heteroatoms. The Hall–Kier alpha value is -1.62. The number of hydrogen-bond donors (Lipinski definition) is 1. The summed E-state index contributed by atoms with van der Waals surface area (Å²) < 4.78 is 4.80. The fourth-order valence-electron chi connectivity index (χ4n) is 3.36. The van der Waals surface area contributed by atoms with Gasteiger partial charge in [0.25, 0.3) is 0 Å². The fourth-order valence-corrected chi connectivity index (χ4v) is 3.36. The van der Waals surface area contributed by atoms with Gasteiger partial charge < -0.3 is 9.72 Å². The predicted molar refractivity (Wildman–Crippen MR) is 85.4 cm³/mol. The summed E-state index contributed by atoms with van der Waals surface area (Å²) in [7, 11) is 1.35. The molecule has 122 valence electrons. The van der Waals surface area contributed by atoms with Crippen LogP contribution in [0.4, 0.5) is 0 Å². The quantitative estimate of drug-likeness (QED) is 0.686. The minimum atomic E-state index is -0.399. The Morgan fingerprint density at radius 2 is 2.05 bits per heavy atom. The van der Waals surface area contributed by atoms with Gasteiger partial charge in [0.2, 0.25) is 0 Å². The second-order valence-corrected chi connectivity index (χ2v) is 6.40. The van der Waals surface area contributed by atoms with Gasteiger partial charge in [-0.2, -0.15) is 0 Å². The van der Waals surface area contributed by atoms with Crippen LogP contribution in [0.3, 0.4) is 0 Å². The summed E-state index contributed by atoms with van der Waals surface area (Å²) in [5.74, 6) is 0.274. The molecular formula is C17H26N2O3. The van der Waals surface area contributed by atoms with E-state index >= 15 is 0 Å². The normalized spacial score (nSPS) is 20.7. The third-order valence-electron chi connectivity index (χ3n) is 4.69. The third-order valence-corrected chi connectivity index (χ3v) is 4.69. The highest BCUT2D eigenvalue weighted by atomic mass is 16.5. The number of aromatic amines is 1. The van der Waals surface area contributed by atoms with Gasteiger partial charge in [0.1, 0.15) is 0 Å². The van der Waals surface area contributed by atoms with Crippen LogP contribution in [0.2, 0.25) is 0 Å². The van der Waals surface area contributed by atoms with E-state index in [9.17, 15) is 9.59 Å². The van der Waals surface area contributed by atoms with Crippen molar-refractivity contribution in [3.63, 3.8) is 0 Å². The van der Waals surface area contributed by atoms with Crippen LogP contribution < -0.4 is 0 Å². The second-order valence-electron chi connectivity index (χ2n) is 6.40. The van der Waals surface area contributed by atoms with E-state index in [-0.39, 0.29) is 11.8 Å². The molecule has 0 bridgehead atoms. The van der Waals surface area contributed by atoms with Crippen molar-refractivity contribution in [2.75, 3.05) is 20.2 Å². The van der Waals surface area contributed by atoms with E-state index in [0.717, 1.165) is 19.5 Å². The number of Topliss-reactive ketones (excluding diaryl/α,β-unsaturated/α-hetero) is 1. The summed E-state index contributed by atoms with van der Waals surface area (Å²) in [5.41, 5.74) is 2.38. The highest BCUT2D eigenvalue weighted by molar-refractivity contribution is 6.03. The minimum absolute atomic E-state index is 0.0462. The van der Waals surface area contributed by atoms with Crippen LogP contribution in [0, 0.1) is 19.8 Å². The molecule has 1 saturated heterocycles. The van der Waals surface area contributed by atoms with Gasteiger partial charge >= 0.3 is 5.97 Å². The van der Waals surface area contributed by atoms with E-state index in [4.69, 9.17) is 4.74 Å². The molecule has 2 atom stereocenters. The molecule has 0 spiro atoms. The molecule has 2 rings (SSSR count). The molecule has 0 aromatic carbocycles. The first-order chi connectivity index (χ1) is 10.4. The average molecular weight is 306 g/mol. The van der Waals surface area contributed by atoms with E-state index in [0.29, 0.717) is 28.4 Å². The van der Waals surface area contributed by atoms with Crippen molar-refractivity contribution >= 4 is 11.8 Å². The monoisotopic (exact) mass is 306 g/mol. The number of aromatic nitrogens is 1. The Labute approximate surface area is 132 Å². The first-order valence-corrected chi connectivity index (χ1v) is 7.92. The van der Waals surface area contributed by atoms with Crippen LogP contribution in [-0.2, 0) is 4.74 Å². The largest absolute Gasteiger partial charge is 0.465 e. The number of likely N-dealkylation sites (tertiary alicyclic amines) is 1. The van der Waals surface area contributed by atoms with Gasteiger partial charge in [0.05, 0.1) is 24.4 Å². The minimum Gasteiger partial charge on any atom is -0.465 e. The maximum atomic E-state index is 12.8. The molecule has 1 fully saturated rings. The van der Waals surface area contributed by atoms with Crippen molar-refractivity contribution in [3.8, 4) is 0 Å². The number of piperidine rings is 1. The zero-order valence-corrected chi connectivity index (χ0v) is 14.2. The highest BCUT2D eigenvalue weighted by Crippen LogP contribution is 2.23. The van der Waals surface area contributed by atoms with Crippen molar-refractivity contribution in [2.24, 2.45) is 5.92 Å². The number of carbonyl (C=O) groups is 2. The summed E-state index contributed by atoms with van der Waals surface area (Å²) in [6.07, 6.45) is 2.36. The van der Waals surface area contributed by atoms with Gasteiger partial charge in [0, 0.05) is 12.2 Å². The molecule has 0 unspecified atom stereocenters. The molecule has 1 aliphatic heterocycles. The second kappa shape index (κ2) is 6.65. The SMILES string of the molecule is COC(=O)c1c(C)[nH]c(C(=O)[C@H](C)N2CCC[C@H](C)C2)c1C. The molecule has 0 aliphatic carbocycles. The van der Waals surface area contributed by atoms with Gasteiger partial charge in [-0.1, -0.05) is 6.92 Å². The summed E-state index contributed by atoms with van der Waals surface area (Å²) in [4.78, 5) is 30.0. The molecule has 2 heterocycles. The highest BCUT2D eigenvalue weighted by Gasteiger charge is 2.30. The van der Waals surface area contributed by atoms with E-state index < -0.39 is 5.97 Å². The fraction of sp³-hybridized carbons (Fsp3) is 0.647. The van der Waals surface area contributed by atoms with Gasteiger partial charge in [-0.3, -0.25) is 9.69 Å². The molecule has 0 radical (unpaired) electrons. The number of carbonyl (C=O) groups excluding carboxylic acids is 2. The first-order valence-electron chi connectivity index (χ1n) is 7.92. The molecule has 1 aliphatic rings. The van der Waals surface area contributed by atoms with Crippen LogP contribution in [0.1, 0.15) is 58.8 Å². The van der Waals surface area contributed by atoms with Crippen LogP contribution in [0.25, 0.3) is 0 Å². The summed E-state index contributed by atoms with van der Waals surface area (Å²) in [6, 6.07) is -0.176. The number of rotatable bonds is 4. The lowest BCUT2D eigenvalue weighted by Gasteiger charge is -2.34.